The fourth-order valence-corrected chi connectivity index (χ4v) is 4.85. The summed E-state index contributed by atoms with van der Waals surface area (Å²) in [4.78, 5) is 7.59. The third kappa shape index (κ3) is 2.14. The van der Waals surface area contributed by atoms with Gasteiger partial charge in [0.2, 0.25) is 0 Å². The molecule has 3 saturated heterocycles. The molecule has 3 aliphatic heterocycles. The number of rotatable bonds is 2. The average Bonchev–Trinajstić information content (AvgIpc) is 2.89. The quantitative estimate of drug-likeness (QED) is 0.902. The third-order valence-corrected chi connectivity index (χ3v) is 5.88. The lowest BCUT2D eigenvalue weighted by Gasteiger charge is -2.52. The van der Waals surface area contributed by atoms with Crippen LogP contribution in [0.15, 0.2) is 5.38 Å². The van der Waals surface area contributed by atoms with Gasteiger partial charge in [0, 0.05) is 17.3 Å². The molecular formula is C15H25N3S. The summed E-state index contributed by atoms with van der Waals surface area (Å²) in [6, 6.07) is 0. The van der Waals surface area contributed by atoms with Crippen LogP contribution in [0.3, 0.4) is 0 Å². The Morgan fingerprint density at radius 2 is 2.05 bits per heavy atom. The molecule has 1 aromatic heterocycles. The zero-order valence-corrected chi connectivity index (χ0v) is 13.3. The molecular weight excluding hydrogens is 254 g/mol. The van der Waals surface area contributed by atoms with E-state index < -0.39 is 0 Å². The molecule has 3 aliphatic rings. The monoisotopic (exact) mass is 279 g/mol. The number of nitrogens with zero attached hydrogens (tertiary/aromatic N) is 2. The topological polar surface area (TPSA) is 28.2 Å². The van der Waals surface area contributed by atoms with E-state index in [0.29, 0.717) is 0 Å². The van der Waals surface area contributed by atoms with E-state index in [1.807, 2.05) is 11.3 Å². The minimum atomic E-state index is 0.102. The molecule has 3 fully saturated rings. The lowest BCUT2D eigenvalue weighted by molar-refractivity contribution is 0.00738. The second-order valence-corrected chi connectivity index (χ2v) is 7.92. The number of hydrogen-bond donors (Lipinski definition) is 1. The van der Waals surface area contributed by atoms with Crippen molar-refractivity contribution >= 4 is 11.3 Å². The molecule has 0 amide bonds. The summed E-state index contributed by atoms with van der Waals surface area (Å²) in [5.74, 6) is 0.751. The maximum absolute atomic E-state index is 5.00. The van der Waals surface area contributed by atoms with Gasteiger partial charge >= 0.3 is 0 Å². The molecule has 106 valence electrons. The van der Waals surface area contributed by atoms with Crippen LogP contribution < -0.4 is 5.32 Å². The molecule has 3 nitrogen and oxygen atoms in total. The third-order valence-electron chi connectivity index (χ3n) is 4.86. The molecule has 19 heavy (non-hydrogen) atoms. The second-order valence-electron chi connectivity index (χ2n) is 7.06. The number of aromatic nitrogens is 1. The SMILES string of the molecule is CNC1(c2nc(C(C)(C)C)cs2)CN2CCC1CC2. The predicted molar refractivity (Wildman–Crippen MR) is 80.7 cm³/mol. The number of thiazole rings is 1. The van der Waals surface area contributed by atoms with Gasteiger partial charge in [-0.05, 0) is 38.9 Å². The average molecular weight is 279 g/mol. The van der Waals surface area contributed by atoms with Crippen molar-refractivity contribution in [3.63, 3.8) is 0 Å². The highest BCUT2D eigenvalue weighted by Crippen LogP contribution is 2.43. The molecule has 1 unspecified atom stereocenters. The number of piperidine rings is 3. The number of hydrogen-bond acceptors (Lipinski definition) is 4. The minimum Gasteiger partial charge on any atom is -0.307 e. The Bertz CT molecular complexity index is 454. The standard InChI is InChI=1S/C15H25N3S/c1-14(2,3)12-9-19-13(17-12)15(16-4)10-18-7-5-11(15)6-8-18/h9,11,16H,5-8,10H2,1-4H3. The van der Waals surface area contributed by atoms with Gasteiger partial charge in [0.15, 0.2) is 0 Å². The molecule has 1 atom stereocenters. The molecule has 4 heteroatoms. The van der Waals surface area contributed by atoms with Gasteiger partial charge in [0.1, 0.15) is 5.01 Å². The summed E-state index contributed by atoms with van der Waals surface area (Å²) in [6.07, 6.45) is 2.62. The van der Waals surface area contributed by atoms with Crippen molar-refractivity contribution < 1.29 is 0 Å². The Kier molecular flexibility index (Phi) is 3.23. The van der Waals surface area contributed by atoms with E-state index in [0.717, 1.165) is 12.5 Å². The van der Waals surface area contributed by atoms with Gasteiger partial charge in [-0.3, -0.25) is 0 Å². The first-order valence-corrected chi connectivity index (χ1v) is 8.21. The van der Waals surface area contributed by atoms with Gasteiger partial charge in [-0.25, -0.2) is 4.98 Å². The first-order valence-electron chi connectivity index (χ1n) is 7.33. The molecule has 2 bridgehead atoms. The normalized spacial score (nSPS) is 34.7. The Hall–Kier alpha value is -0.450. The first-order chi connectivity index (χ1) is 8.95. The van der Waals surface area contributed by atoms with Gasteiger partial charge in [0.05, 0.1) is 11.2 Å². The smallest absolute Gasteiger partial charge is 0.115 e. The van der Waals surface area contributed by atoms with Gasteiger partial charge in [0.25, 0.3) is 0 Å². The van der Waals surface area contributed by atoms with E-state index >= 15 is 0 Å². The van der Waals surface area contributed by atoms with Crippen molar-refractivity contribution in [3.8, 4) is 0 Å². The van der Waals surface area contributed by atoms with Crippen molar-refractivity contribution in [1.29, 1.82) is 0 Å². The Labute approximate surface area is 120 Å². The molecule has 0 radical (unpaired) electrons. The lowest BCUT2D eigenvalue weighted by atomic mass is 9.73. The molecule has 0 aliphatic carbocycles. The van der Waals surface area contributed by atoms with E-state index in [1.165, 1.54) is 36.6 Å². The van der Waals surface area contributed by atoms with Gasteiger partial charge in [-0.2, -0.15) is 0 Å². The van der Waals surface area contributed by atoms with Crippen LogP contribution >= 0.6 is 11.3 Å². The molecule has 4 rings (SSSR count). The van der Waals surface area contributed by atoms with Gasteiger partial charge in [-0.1, -0.05) is 20.8 Å². The minimum absolute atomic E-state index is 0.102. The lowest BCUT2D eigenvalue weighted by Crippen LogP contribution is -2.62. The van der Waals surface area contributed by atoms with E-state index in [4.69, 9.17) is 4.98 Å². The van der Waals surface area contributed by atoms with Gasteiger partial charge < -0.3 is 10.2 Å². The summed E-state index contributed by atoms with van der Waals surface area (Å²) in [5.41, 5.74) is 1.49. The van der Waals surface area contributed by atoms with E-state index in [2.05, 4.69) is 43.4 Å². The fraction of sp³-hybridized carbons (Fsp3) is 0.800. The first kappa shape index (κ1) is 13.5. The molecule has 0 saturated carbocycles. The summed E-state index contributed by atoms with van der Waals surface area (Å²) in [7, 11) is 2.11. The van der Waals surface area contributed by atoms with Crippen LogP contribution in [0, 0.1) is 5.92 Å². The van der Waals surface area contributed by atoms with Crippen molar-refractivity contribution in [2.45, 2.75) is 44.6 Å². The molecule has 1 aromatic rings. The predicted octanol–water partition coefficient (Wildman–Crippen LogP) is 2.58. The summed E-state index contributed by atoms with van der Waals surface area (Å²) < 4.78 is 0. The van der Waals surface area contributed by atoms with Crippen LogP contribution in [0.25, 0.3) is 0 Å². The van der Waals surface area contributed by atoms with Crippen molar-refractivity contribution in [2.75, 3.05) is 26.7 Å². The highest BCUT2D eigenvalue weighted by Gasteiger charge is 2.48. The van der Waals surface area contributed by atoms with Crippen LogP contribution in [0.1, 0.15) is 44.3 Å². The number of fused-ring (bicyclic) bond motifs is 3. The Balaban J connectivity index is 1.96. The van der Waals surface area contributed by atoms with E-state index in [-0.39, 0.29) is 11.0 Å². The summed E-state index contributed by atoms with van der Waals surface area (Å²) >= 11 is 1.85. The van der Waals surface area contributed by atoms with Crippen LogP contribution in [0.5, 0.6) is 0 Å². The highest BCUT2D eigenvalue weighted by atomic mass is 32.1. The number of nitrogens with one attached hydrogen (secondary N) is 1. The van der Waals surface area contributed by atoms with E-state index in [1.54, 1.807) is 0 Å². The van der Waals surface area contributed by atoms with E-state index in [9.17, 15) is 0 Å². The van der Waals surface area contributed by atoms with Gasteiger partial charge in [-0.15, -0.1) is 11.3 Å². The molecule has 4 heterocycles. The van der Waals surface area contributed by atoms with Crippen LogP contribution in [-0.2, 0) is 11.0 Å². The van der Waals surface area contributed by atoms with Crippen LogP contribution in [-0.4, -0.2) is 36.6 Å². The molecule has 0 spiro atoms. The zero-order chi connectivity index (χ0) is 13.7. The maximum atomic E-state index is 5.00. The van der Waals surface area contributed by atoms with Crippen molar-refractivity contribution in [2.24, 2.45) is 5.92 Å². The number of likely N-dealkylation sites (N-methyl/N-ethyl adjacent to an activating group) is 1. The maximum Gasteiger partial charge on any atom is 0.115 e. The molecule has 1 N–H and O–H groups in total. The largest absolute Gasteiger partial charge is 0.307 e. The highest BCUT2D eigenvalue weighted by molar-refractivity contribution is 7.09. The van der Waals surface area contributed by atoms with Crippen LogP contribution in [0.2, 0.25) is 0 Å². The molecule has 0 aromatic carbocycles. The Morgan fingerprint density at radius 1 is 1.37 bits per heavy atom. The summed E-state index contributed by atoms with van der Waals surface area (Å²) in [5, 5.41) is 7.19. The summed E-state index contributed by atoms with van der Waals surface area (Å²) in [6.45, 7) is 10.4. The zero-order valence-electron chi connectivity index (χ0n) is 12.5. The van der Waals surface area contributed by atoms with Crippen molar-refractivity contribution in [3.05, 3.63) is 16.1 Å². The second kappa shape index (κ2) is 4.54. The Morgan fingerprint density at radius 3 is 2.47 bits per heavy atom. The van der Waals surface area contributed by atoms with Crippen LogP contribution in [0.4, 0.5) is 0 Å². The fourth-order valence-electron chi connectivity index (χ4n) is 3.52. The van der Waals surface area contributed by atoms with Crippen molar-refractivity contribution in [1.82, 2.24) is 15.2 Å².